The summed E-state index contributed by atoms with van der Waals surface area (Å²) in [5, 5.41) is 8.77. The second-order valence-corrected chi connectivity index (χ2v) is 5.11. The van der Waals surface area contributed by atoms with Gasteiger partial charge in [0.1, 0.15) is 17.6 Å². The largest absolute Gasteiger partial charge is 0.455 e. The molecule has 0 aliphatic heterocycles. The number of halogens is 2. The van der Waals surface area contributed by atoms with Crippen molar-refractivity contribution in [3.63, 3.8) is 0 Å². The number of benzene rings is 1. The molecule has 0 N–H and O–H groups in total. The Hall–Kier alpha value is -1.13. The van der Waals surface area contributed by atoms with Gasteiger partial charge in [-0.25, -0.2) is 0 Å². The molecular weight excluding hydrogens is 395 g/mol. The quantitative estimate of drug-likeness (QED) is 0.712. The lowest BCUT2D eigenvalue weighted by Crippen LogP contribution is -1.89. The maximum Gasteiger partial charge on any atom is 0.147 e. The van der Waals surface area contributed by atoms with Crippen LogP contribution in [0.2, 0.25) is 0 Å². The third kappa shape index (κ3) is 2.96. The van der Waals surface area contributed by atoms with E-state index in [0.717, 1.165) is 13.8 Å². The molecule has 0 aliphatic carbocycles. The molecule has 0 fully saturated rings. The number of rotatable bonds is 2. The fraction of sp³-hybridized carbons (Fsp3) is 0. The fourth-order valence-corrected chi connectivity index (χ4v) is 2.04. The van der Waals surface area contributed by atoms with E-state index in [9.17, 15) is 0 Å². The molecule has 1 aromatic heterocycles. The molecule has 0 bridgehead atoms. The lowest BCUT2D eigenvalue weighted by atomic mass is 10.3. The summed E-state index contributed by atoms with van der Waals surface area (Å²) < 4.78 is 7.63. The molecule has 0 amide bonds. The number of hydrogen-bond acceptors (Lipinski definition) is 3. The fourth-order valence-electron chi connectivity index (χ4n) is 1.23. The summed E-state index contributed by atoms with van der Waals surface area (Å²) in [5.41, 5.74) is 0.479. The van der Waals surface area contributed by atoms with E-state index in [-0.39, 0.29) is 0 Å². The standard InChI is InChI=1S/C12H6BrIN2O/c13-10-2-1-3-11(12(10)14)17-9-4-8(5-15)6-16-7-9/h1-4,6-7H. The molecule has 84 valence electrons. The molecule has 0 saturated heterocycles. The van der Waals surface area contributed by atoms with Crippen molar-refractivity contribution in [2.24, 2.45) is 0 Å². The van der Waals surface area contributed by atoms with Gasteiger partial charge in [-0.05, 0) is 50.7 Å². The first-order valence-electron chi connectivity index (χ1n) is 4.67. The minimum absolute atomic E-state index is 0.479. The molecule has 1 aromatic carbocycles. The average molecular weight is 401 g/mol. The smallest absolute Gasteiger partial charge is 0.147 e. The third-order valence-corrected chi connectivity index (χ3v) is 4.50. The Kier molecular flexibility index (Phi) is 3.97. The first-order valence-corrected chi connectivity index (χ1v) is 6.55. The van der Waals surface area contributed by atoms with Crippen LogP contribution in [-0.2, 0) is 0 Å². The van der Waals surface area contributed by atoms with E-state index >= 15 is 0 Å². The van der Waals surface area contributed by atoms with Crippen LogP contribution in [0.3, 0.4) is 0 Å². The summed E-state index contributed by atoms with van der Waals surface area (Å²) in [5.74, 6) is 1.29. The van der Waals surface area contributed by atoms with E-state index in [2.05, 4.69) is 43.5 Å². The summed E-state index contributed by atoms with van der Waals surface area (Å²) in [7, 11) is 0. The van der Waals surface area contributed by atoms with E-state index in [1.165, 1.54) is 6.20 Å². The number of pyridine rings is 1. The summed E-state index contributed by atoms with van der Waals surface area (Å²) in [4.78, 5) is 3.94. The topological polar surface area (TPSA) is 45.9 Å². The van der Waals surface area contributed by atoms with Crippen LogP contribution in [0.15, 0.2) is 41.1 Å². The normalized spacial score (nSPS) is 9.71. The summed E-state index contributed by atoms with van der Waals surface area (Å²) in [6, 6.07) is 9.38. The van der Waals surface area contributed by atoms with Gasteiger partial charge < -0.3 is 4.74 Å². The van der Waals surface area contributed by atoms with Crippen LogP contribution in [0.1, 0.15) is 5.56 Å². The number of aromatic nitrogens is 1. The van der Waals surface area contributed by atoms with Gasteiger partial charge in [0.2, 0.25) is 0 Å². The zero-order valence-electron chi connectivity index (χ0n) is 8.52. The SMILES string of the molecule is N#Cc1cncc(Oc2cccc(Br)c2I)c1. The van der Waals surface area contributed by atoms with Gasteiger partial charge >= 0.3 is 0 Å². The Morgan fingerprint density at radius 3 is 2.94 bits per heavy atom. The number of nitrogens with zero attached hydrogens (tertiary/aromatic N) is 2. The van der Waals surface area contributed by atoms with Crippen LogP contribution in [0.5, 0.6) is 11.5 Å². The Morgan fingerprint density at radius 2 is 2.18 bits per heavy atom. The molecule has 0 aliphatic rings. The molecule has 0 saturated carbocycles. The monoisotopic (exact) mass is 400 g/mol. The molecule has 2 rings (SSSR count). The lowest BCUT2D eigenvalue weighted by molar-refractivity contribution is 0.476. The van der Waals surface area contributed by atoms with Crippen molar-refractivity contribution in [3.05, 3.63) is 50.3 Å². The van der Waals surface area contributed by atoms with Gasteiger partial charge in [0.25, 0.3) is 0 Å². The molecule has 0 atom stereocenters. The molecule has 3 nitrogen and oxygen atoms in total. The third-order valence-electron chi connectivity index (χ3n) is 1.99. The summed E-state index contributed by atoms with van der Waals surface area (Å²) in [6.45, 7) is 0. The lowest BCUT2D eigenvalue weighted by Gasteiger charge is -2.08. The van der Waals surface area contributed by atoms with Gasteiger partial charge in [0.05, 0.1) is 15.3 Å². The van der Waals surface area contributed by atoms with Gasteiger partial charge in [0.15, 0.2) is 0 Å². The van der Waals surface area contributed by atoms with Crippen molar-refractivity contribution in [3.8, 4) is 17.6 Å². The molecule has 5 heteroatoms. The Bertz CT molecular complexity index is 595. The van der Waals surface area contributed by atoms with Gasteiger partial charge in [-0.3, -0.25) is 4.98 Å². The van der Waals surface area contributed by atoms with Crippen molar-refractivity contribution in [2.45, 2.75) is 0 Å². The van der Waals surface area contributed by atoms with Crippen LogP contribution in [0.4, 0.5) is 0 Å². The molecule has 0 spiro atoms. The van der Waals surface area contributed by atoms with Crippen LogP contribution in [0, 0.1) is 14.9 Å². The Balaban J connectivity index is 2.32. The zero-order chi connectivity index (χ0) is 12.3. The second-order valence-electron chi connectivity index (χ2n) is 3.18. The average Bonchev–Trinajstić information content (AvgIpc) is 2.35. The molecule has 17 heavy (non-hydrogen) atoms. The molecular formula is C12H6BrIN2O. The maximum atomic E-state index is 8.77. The van der Waals surface area contributed by atoms with Crippen molar-refractivity contribution in [1.29, 1.82) is 5.26 Å². The summed E-state index contributed by atoms with van der Waals surface area (Å²) in [6.07, 6.45) is 3.08. The molecule has 2 aromatic rings. The molecule has 0 unspecified atom stereocenters. The second kappa shape index (κ2) is 5.47. The highest BCUT2D eigenvalue weighted by Crippen LogP contribution is 2.31. The highest BCUT2D eigenvalue weighted by atomic mass is 127. The van der Waals surface area contributed by atoms with E-state index in [0.29, 0.717) is 11.3 Å². The minimum Gasteiger partial charge on any atom is -0.455 e. The highest BCUT2D eigenvalue weighted by Gasteiger charge is 2.06. The van der Waals surface area contributed by atoms with Crippen molar-refractivity contribution >= 4 is 38.5 Å². The highest BCUT2D eigenvalue weighted by molar-refractivity contribution is 14.1. The van der Waals surface area contributed by atoms with E-state index in [4.69, 9.17) is 10.00 Å². The van der Waals surface area contributed by atoms with E-state index in [1.54, 1.807) is 12.3 Å². The van der Waals surface area contributed by atoms with Crippen molar-refractivity contribution < 1.29 is 4.74 Å². The van der Waals surface area contributed by atoms with Crippen molar-refractivity contribution in [1.82, 2.24) is 4.98 Å². The zero-order valence-corrected chi connectivity index (χ0v) is 12.3. The Labute approximate surface area is 121 Å². The first kappa shape index (κ1) is 12.3. The van der Waals surface area contributed by atoms with Gasteiger partial charge in [0, 0.05) is 16.7 Å². The minimum atomic E-state index is 0.479. The van der Waals surface area contributed by atoms with Gasteiger partial charge in [-0.15, -0.1) is 0 Å². The maximum absolute atomic E-state index is 8.77. The molecule has 0 radical (unpaired) electrons. The number of nitriles is 1. The van der Waals surface area contributed by atoms with Gasteiger partial charge in [-0.2, -0.15) is 5.26 Å². The van der Waals surface area contributed by atoms with Crippen LogP contribution >= 0.6 is 38.5 Å². The predicted molar refractivity (Wildman–Crippen MR) is 75.9 cm³/mol. The molecule has 1 heterocycles. The van der Waals surface area contributed by atoms with Crippen LogP contribution in [-0.4, -0.2) is 4.98 Å². The first-order chi connectivity index (χ1) is 8.20. The van der Waals surface area contributed by atoms with Crippen LogP contribution < -0.4 is 4.74 Å². The van der Waals surface area contributed by atoms with Crippen LogP contribution in [0.25, 0.3) is 0 Å². The van der Waals surface area contributed by atoms with E-state index < -0.39 is 0 Å². The number of hydrogen-bond donors (Lipinski definition) is 0. The van der Waals surface area contributed by atoms with E-state index in [1.807, 2.05) is 24.3 Å². The van der Waals surface area contributed by atoms with Crippen molar-refractivity contribution in [2.75, 3.05) is 0 Å². The Morgan fingerprint density at radius 1 is 1.35 bits per heavy atom. The predicted octanol–water partition coefficient (Wildman–Crippen LogP) is 4.11. The number of ether oxygens (including phenoxy) is 1. The summed E-state index contributed by atoms with van der Waals surface area (Å²) >= 11 is 5.62. The van der Waals surface area contributed by atoms with Gasteiger partial charge in [-0.1, -0.05) is 6.07 Å².